The number of anilines is 1. The molecule has 5 heteroatoms. The summed E-state index contributed by atoms with van der Waals surface area (Å²) in [6, 6.07) is 13.9. The van der Waals surface area contributed by atoms with E-state index in [2.05, 4.69) is 9.80 Å². The van der Waals surface area contributed by atoms with E-state index in [1.54, 1.807) is 12.1 Å². The van der Waals surface area contributed by atoms with E-state index >= 15 is 0 Å². The highest BCUT2D eigenvalue weighted by Crippen LogP contribution is 2.21. The number of piperazine rings is 1. The van der Waals surface area contributed by atoms with Gasteiger partial charge in [0.1, 0.15) is 5.82 Å². The Hall–Kier alpha value is -1.62. The van der Waals surface area contributed by atoms with E-state index in [1.807, 2.05) is 24.3 Å². The molecule has 0 amide bonds. The molecule has 3 nitrogen and oxygen atoms in total. The average molecular weight is 335 g/mol. The largest absolute Gasteiger partial charge is 0.387 e. The van der Waals surface area contributed by atoms with Crippen molar-refractivity contribution in [2.24, 2.45) is 0 Å². The van der Waals surface area contributed by atoms with Crippen LogP contribution in [0.3, 0.4) is 0 Å². The normalized spacial score (nSPS) is 17.3. The first-order valence-corrected chi connectivity index (χ1v) is 8.16. The molecule has 1 N–H and O–H groups in total. The standard InChI is InChI=1S/C18H20ClFN2O/c19-15-3-7-17(8-4-15)22-11-9-21(10-12-22)13-18(23)14-1-5-16(20)6-2-14/h1-8,18,23H,9-13H2. The lowest BCUT2D eigenvalue weighted by Crippen LogP contribution is -2.47. The van der Waals surface area contributed by atoms with Gasteiger partial charge in [-0.25, -0.2) is 4.39 Å². The van der Waals surface area contributed by atoms with E-state index in [0.29, 0.717) is 6.54 Å². The van der Waals surface area contributed by atoms with E-state index in [1.165, 1.54) is 17.8 Å². The molecule has 1 heterocycles. The molecule has 23 heavy (non-hydrogen) atoms. The Morgan fingerprint density at radius 3 is 2.17 bits per heavy atom. The molecule has 2 aromatic rings. The third kappa shape index (κ3) is 4.22. The number of nitrogens with zero attached hydrogens (tertiary/aromatic N) is 2. The molecule has 1 saturated heterocycles. The highest BCUT2D eigenvalue weighted by molar-refractivity contribution is 6.30. The van der Waals surface area contributed by atoms with Crippen LogP contribution in [0.15, 0.2) is 48.5 Å². The minimum Gasteiger partial charge on any atom is -0.387 e. The summed E-state index contributed by atoms with van der Waals surface area (Å²) in [5.41, 5.74) is 1.93. The fourth-order valence-corrected chi connectivity index (χ4v) is 3.00. The van der Waals surface area contributed by atoms with Crippen molar-refractivity contribution < 1.29 is 9.50 Å². The van der Waals surface area contributed by atoms with Gasteiger partial charge in [0, 0.05) is 43.4 Å². The van der Waals surface area contributed by atoms with Gasteiger partial charge in [-0.15, -0.1) is 0 Å². The van der Waals surface area contributed by atoms with Crippen molar-refractivity contribution in [2.45, 2.75) is 6.10 Å². The molecule has 0 aliphatic carbocycles. The van der Waals surface area contributed by atoms with Crippen LogP contribution in [0.5, 0.6) is 0 Å². The van der Waals surface area contributed by atoms with Crippen molar-refractivity contribution in [1.82, 2.24) is 4.90 Å². The third-order valence-electron chi connectivity index (χ3n) is 4.25. The topological polar surface area (TPSA) is 26.7 Å². The first kappa shape index (κ1) is 16.2. The number of rotatable bonds is 4. The van der Waals surface area contributed by atoms with Gasteiger partial charge in [-0.2, -0.15) is 0 Å². The number of halogens is 2. The number of hydrogen-bond acceptors (Lipinski definition) is 3. The summed E-state index contributed by atoms with van der Waals surface area (Å²) in [6.45, 7) is 4.18. The van der Waals surface area contributed by atoms with E-state index < -0.39 is 6.10 Å². The van der Waals surface area contributed by atoms with Crippen molar-refractivity contribution in [3.8, 4) is 0 Å². The van der Waals surface area contributed by atoms with Crippen LogP contribution in [0.25, 0.3) is 0 Å². The Morgan fingerprint density at radius 2 is 1.57 bits per heavy atom. The first-order chi connectivity index (χ1) is 11.1. The molecule has 1 aliphatic rings. The van der Waals surface area contributed by atoms with Gasteiger partial charge in [0.15, 0.2) is 0 Å². The molecule has 1 aliphatic heterocycles. The second-order valence-electron chi connectivity index (χ2n) is 5.83. The van der Waals surface area contributed by atoms with Crippen molar-refractivity contribution in [2.75, 3.05) is 37.6 Å². The number of benzene rings is 2. The average Bonchev–Trinajstić information content (AvgIpc) is 2.57. The van der Waals surface area contributed by atoms with Crippen LogP contribution in [-0.4, -0.2) is 42.7 Å². The van der Waals surface area contributed by atoms with Gasteiger partial charge in [-0.05, 0) is 42.0 Å². The van der Waals surface area contributed by atoms with Crippen LogP contribution in [0.2, 0.25) is 5.02 Å². The minimum atomic E-state index is -0.585. The summed E-state index contributed by atoms with van der Waals surface area (Å²) in [5, 5.41) is 11.0. The third-order valence-corrected chi connectivity index (χ3v) is 4.50. The molecule has 0 radical (unpaired) electrons. The molecule has 0 bridgehead atoms. The Morgan fingerprint density at radius 1 is 0.957 bits per heavy atom. The fourth-order valence-electron chi connectivity index (χ4n) is 2.88. The van der Waals surface area contributed by atoms with Gasteiger partial charge in [-0.1, -0.05) is 23.7 Å². The number of aliphatic hydroxyl groups excluding tert-OH is 1. The predicted octanol–water partition coefficient (Wildman–Crippen LogP) is 3.33. The van der Waals surface area contributed by atoms with Crippen LogP contribution in [0, 0.1) is 5.82 Å². The SMILES string of the molecule is OC(CN1CCN(c2ccc(Cl)cc2)CC1)c1ccc(F)cc1. The van der Waals surface area contributed by atoms with Crippen LogP contribution >= 0.6 is 11.6 Å². The van der Waals surface area contributed by atoms with Crippen LogP contribution < -0.4 is 4.90 Å². The molecule has 122 valence electrons. The van der Waals surface area contributed by atoms with Crippen molar-refractivity contribution >= 4 is 17.3 Å². The quantitative estimate of drug-likeness (QED) is 0.929. The Balaban J connectivity index is 1.52. The molecular weight excluding hydrogens is 315 g/mol. The maximum absolute atomic E-state index is 12.9. The zero-order valence-electron chi connectivity index (χ0n) is 12.8. The lowest BCUT2D eigenvalue weighted by Gasteiger charge is -2.37. The number of β-amino-alcohol motifs (C(OH)–C–C–N with tert-alkyl or cyclic N) is 1. The van der Waals surface area contributed by atoms with Crippen molar-refractivity contribution in [1.29, 1.82) is 0 Å². The van der Waals surface area contributed by atoms with E-state index in [-0.39, 0.29) is 5.82 Å². The zero-order chi connectivity index (χ0) is 16.2. The monoisotopic (exact) mass is 334 g/mol. The maximum Gasteiger partial charge on any atom is 0.123 e. The number of hydrogen-bond donors (Lipinski definition) is 1. The van der Waals surface area contributed by atoms with E-state index in [4.69, 9.17) is 11.6 Å². The molecular formula is C18H20ClFN2O. The van der Waals surface area contributed by atoms with E-state index in [9.17, 15) is 9.50 Å². The second-order valence-corrected chi connectivity index (χ2v) is 6.27. The van der Waals surface area contributed by atoms with Crippen LogP contribution in [-0.2, 0) is 0 Å². The molecule has 0 spiro atoms. The summed E-state index contributed by atoms with van der Waals surface area (Å²) < 4.78 is 12.9. The van der Waals surface area contributed by atoms with E-state index in [0.717, 1.165) is 36.8 Å². The summed E-state index contributed by atoms with van der Waals surface area (Å²) in [6.07, 6.45) is -0.585. The molecule has 1 fully saturated rings. The Bertz CT molecular complexity index is 624. The number of aliphatic hydroxyl groups is 1. The van der Waals surface area contributed by atoms with Crippen molar-refractivity contribution in [3.63, 3.8) is 0 Å². The molecule has 1 unspecified atom stereocenters. The van der Waals surface area contributed by atoms with Crippen LogP contribution in [0.4, 0.5) is 10.1 Å². The van der Waals surface area contributed by atoms with Gasteiger partial charge >= 0.3 is 0 Å². The molecule has 1 atom stereocenters. The molecule has 3 rings (SSSR count). The van der Waals surface area contributed by atoms with Gasteiger partial charge < -0.3 is 10.0 Å². The minimum absolute atomic E-state index is 0.280. The summed E-state index contributed by atoms with van der Waals surface area (Å²) in [4.78, 5) is 4.55. The molecule has 0 aromatic heterocycles. The summed E-state index contributed by atoms with van der Waals surface area (Å²) in [5.74, 6) is -0.280. The van der Waals surface area contributed by atoms with Gasteiger partial charge in [-0.3, -0.25) is 4.90 Å². The summed E-state index contributed by atoms with van der Waals surface area (Å²) in [7, 11) is 0. The van der Waals surface area contributed by atoms with Crippen molar-refractivity contribution in [3.05, 3.63) is 64.9 Å². The smallest absolute Gasteiger partial charge is 0.123 e. The highest BCUT2D eigenvalue weighted by atomic mass is 35.5. The van der Waals surface area contributed by atoms with Gasteiger partial charge in [0.25, 0.3) is 0 Å². The van der Waals surface area contributed by atoms with Gasteiger partial charge in [0.2, 0.25) is 0 Å². The predicted molar refractivity (Wildman–Crippen MR) is 91.5 cm³/mol. The lowest BCUT2D eigenvalue weighted by atomic mass is 10.1. The Labute approximate surface area is 140 Å². The first-order valence-electron chi connectivity index (χ1n) is 7.78. The summed E-state index contributed by atoms with van der Waals surface area (Å²) >= 11 is 5.92. The van der Waals surface area contributed by atoms with Gasteiger partial charge in [0.05, 0.1) is 6.10 Å². The molecule has 0 saturated carbocycles. The lowest BCUT2D eigenvalue weighted by molar-refractivity contribution is 0.109. The fraction of sp³-hybridized carbons (Fsp3) is 0.333. The maximum atomic E-state index is 12.9. The highest BCUT2D eigenvalue weighted by Gasteiger charge is 2.20. The Kier molecular flexibility index (Phi) is 5.16. The van der Waals surface area contributed by atoms with Crippen LogP contribution in [0.1, 0.15) is 11.7 Å². The molecule has 2 aromatic carbocycles. The second kappa shape index (κ2) is 7.30. The zero-order valence-corrected chi connectivity index (χ0v) is 13.6.